The summed E-state index contributed by atoms with van der Waals surface area (Å²) in [4.78, 5) is 0. The lowest BCUT2D eigenvalue weighted by molar-refractivity contribution is -0.109. The second-order valence-electron chi connectivity index (χ2n) is 9.43. The number of hydrogen-bond acceptors (Lipinski definition) is 0. The molecule has 4 rings (SSSR count). The minimum atomic E-state index is 0.707. The third-order valence-electron chi connectivity index (χ3n) is 9.06. The largest absolute Gasteiger partial charge is 0.0620 e. The molecule has 20 heavy (non-hydrogen) atoms. The Labute approximate surface area is 126 Å². The Balaban J connectivity index is 1.64. The summed E-state index contributed by atoms with van der Waals surface area (Å²) in [6, 6.07) is 0. The maximum atomic E-state index is 2.70. The molecule has 0 aromatic rings. The van der Waals surface area contributed by atoms with Crippen LogP contribution in [0.15, 0.2) is 0 Å². The summed E-state index contributed by atoms with van der Waals surface area (Å²) in [6.07, 6.45) is 15.5. The maximum absolute atomic E-state index is 2.70. The Morgan fingerprint density at radius 2 is 1.50 bits per heavy atom. The topological polar surface area (TPSA) is 0 Å². The molecule has 0 aromatic carbocycles. The second kappa shape index (κ2) is 4.50. The van der Waals surface area contributed by atoms with Crippen LogP contribution in [0.1, 0.15) is 85.0 Å². The van der Waals surface area contributed by atoms with Gasteiger partial charge < -0.3 is 0 Å². The molecule has 4 saturated carbocycles. The van der Waals surface area contributed by atoms with E-state index in [0.29, 0.717) is 5.41 Å². The van der Waals surface area contributed by atoms with Gasteiger partial charge in [-0.05, 0) is 91.8 Å². The van der Waals surface area contributed by atoms with Crippen molar-refractivity contribution in [1.82, 2.24) is 0 Å². The molecule has 0 aromatic heterocycles. The average Bonchev–Trinajstić information content (AvgIpc) is 2.74. The molecule has 0 heterocycles. The molecule has 4 aliphatic carbocycles. The van der Waals surface area contributed by atoms with Crippen molar-refractivity contribution in [2.24, 2.45) is 40.4 Å². The zero-order chi connectivity index (χ0) is 14.0. The Bertz CT molecular complexity index is 385. The molecule has 0 nitrogen and oxygen atoms in total. The van der Waals surface area contributed by atoms with Crippen molar-refractivity contribution in [2.45, 2.75) is 85.0 Å². The number of hydrogen-bond donors (Lipinski definition) is 0. The lowest BCUT2D eigenvalue weighted by Gasteiger charge is -2.60. The molecule has 114 valence electrons. The van der Waals surface area contributed by atoms with E-state index >= 15 is 0 Å². The van der Waals surface area contributed by atoms with E-state index in [1.807, 2.05) is 0 Å². The summed E-state index contributed by atoms with van der Waals surface area (Å²) >= 11 is 0. The van der Waals surface area contributed by atoms with Crippen LogP contribution >= 0.6 is 0 Å². The van der Waals surface area contributed by atoms with Gasteiger partial charge in [0.05, 0.1) is 0 Å². The normalized spacial score (nSPS) is 58.6. The van der Waals surface area contributed by atoms with Crippen LogP contribution in [-0.2, 0) is 0 Å². The minimum absolute atomic E-state index is 0.707. The van der Waals surface area contributed by atoms with Gasteiger partial charge in [-0.3, -0.25) is 0 Å². The third-order valence-corrected chi connectivity index (χ3v) is 9.06. The van der Waals surface area contributed by atoms with Crippen molar-refractivity contribution in [3.05, 3.63) is 0 Å². The second-order valence-corrected chi connectivity index (χ2v) is 9.43. The Morgan fingerprint density at radius 3 is 2.35 bits per heavy atom. The van der Waals surface area contributed by atoms with E-state index in [9.17, 15) is 0 Å². The van der Waals surface area contributed by atoms with Gasteiger partial charge in [0.25, 0.3) is 0 Å². The molecule has 0 amide bonds. The monoisotopic (exact) mass is 274 g/mol. The molecule has 7 atom stereocenters. The molecule has 4 fully saturated rings. The Kier molecular flexibility index (Phi) is 3.07. The van der Waals surface area contributed by atoms with Crippen LogP contribution in [0.2, 0.25) is 0 Å². The molecule has 0 heteroatoms. The first-order valence-corrected chi connectivity index (χ1v) is 9.56. The standard InChI is InChI=1S/C20H34/c1-14-7-10-17-16-9-8-15-6-4-5-12-20(15,3)18(16)11-13-19(14,17)2/h14-18H,4-13H2,1-3H3/t14?,15?,16?,17?,18?,19-,20+/m1/s1. The van der Waals surface area contributed by atoms with Gasteiger partial charge in [0, 0.05) is 0 Å². The highest BCUT2D eigenvalue weighted by Crippen LogP contribution is 2.67. The fourth-order valence-corrected chi connectivity index (χ4v) is 7.56. The van der Waals surface area contributed by atoms with E-state index in [2.05, 4.69) is 20.8 Å². The Morgan fingerprint density at radius 1 is 0.700 bits per heavy atom. The van der Waals surface area contributed by atoms with E-state index in [0.717, 1.165) is 35.0 Å². The predicted molar refractivity (Wildman–Crippen MR) is 85.5 cm³/mol. The molecule has 0 saturated heterocycles. The minimum Gasteiger partial charge on any atom is -0.0620 e. The maximum Gasteiger partial charge on any atom is -0.0266 e. The van der Waals surface area contributed by atoms with Gasteiger partial charge in [-0.1, -0.05) is 33.6 Å². The van der Waals surface area contributed by atoms with E-state index in [1.165, 1.54) is 19.3 Å². The van der Waals surface area contributed by atoms with Crippen LogP contribution in [0.3, 0.4) is 0 Å². The van der Waals surface area contributed by atoms with Crippen LogP contribution in [0.25, 0.3) is 0 Å². The summed E-state index contributed by atoms with van der Waals surface area (Å²) in [5, 5.41) is 0. The molecule has 0 spiro atoms. The van der Waals surface area contributed by atoms with Gasteiger partial charge >= 0.3 is 0 Å². The number of rotatable bonds is 0. The van der Waals surface area contributed by atoms with Crippen molar-refractivity contribution in [3.63, 3.8) is 0 Å². The summed E-state index contributed by atoms with van der Waals surface area (Å²) < 4.78 is 0. The zero-order valence-corrected chi connectivity index (χ0v) is 14.0. The highest BCUT2D eigenvalue weighted by molar-refractivity contribution is 5.07. The third kappa shape index (κ3) is 1.66. The Hall–Kier alpha value is 0. The summed E-state index contributed by atoms with van der Waals surface area (Å²) in [5.41, 5.74) is 1.44. The van der Waals surface area contributed by atoms with Crippen molar-refractivity contribution < 1.29 is 0 Å². The average molecular weight is 274 g/mol. The van der Waals surface area contributed by atoms with Gasteiger partial charge in [-0.2, -0.15) is 0 Å². The van der Waals surface area contributed by atoms with Gasteiger partial charge in [0.1, 0.15) is 0 Å². The van der Waals surface area contributed by atoms with Crippen LogP contribution in [0.4, 0.5) is 0 Å². The van der Waals surface area contributed by atoms with Gasteiger partial charge in [0.15, 0.2) is 0 Å². The van der Waals surface area contributed by atoms with E-state index in [-0.39, 0.29) is 0 Å². The fourth-order valence-electron chi connectivity index (χ4n) is 7.56. The quantitative estimate of drug-likeness (QED) is 0.504. The van der Waals surface area contributed by atoms with Crippen LogP contribution < -0.4 is 0 Å². The lowest BCUT2D eigenvalue weighted by atomic mass is 9.45. The summed E-state index contributed by atoms with van der Waals surface area (Å²) in [5.74, 6) is 5.34. The van der Waals surface area contributed by atoms with Crippen molar-refractivity contribution in [1.29, 1.82) is 0 Å². The molecule has 0 aliphatic heterocycles. The van der Waals surface area contributed by atoms with Crippen molar-refractivity contribution in [3.8, 4) is 0 Å². The number of fused-ring (bicyclic) bond motifs is 5. The molecular weight excluding hydrogens is 240 g/mol. The summed E-state index contributed by atoms with van der Waals surface area (Å²) in [6.45, 7) is 7.91. The molecular formula is C20H34. The van der Waals surface area contributed by atoms with Gasteiger partial charge in [-0.15, -0.1) is 0 Å². The highest BCUT2D eigenvalue weighted by atomic mass is 14.6. The van der Waals surface area contributed by atoms with Crippen LogP contribution in [0.5, 0.6) is 0 Å². The first-order valence-electron chi connectivity index (χ1n) is 9.56. The molecule has 0 bridgehead atoms. The van der Waals surface area contributed by atoms with E-state index in [4.69, 9.17) is 0 Å². The highest BCUT2D eigenvalue weighted by Gasteiger charge is 2.58. The molecule has 0 radical (unpaired) electrons. The van der Waals surface area contributed by atoms with Crippen LogP contribution in [-0.4, -0.2) is 0 Å². The first kappa shape index (κ1) is 13.6. The smallest absolute Gasteiger partial charge is 0.0266 e. The fraction of sp³-hybridized carbons (Fsp3) is 1.00. The summed E-state index contributed by atoms with van der Waals surface area (Å²) in [7, 11) is 0. The van der Waals surface area contributed by atoms with E-state index < -0.39 is 0 Å². The first-order chi connectivity index (χ1) is 9.56. The predicted octanol–water partition coefficient (Wildman–Crippen LogP) is 6.06. The molecule has 4 aliphatic rings. The van der Waals surface area contributed by atoms with Crippen molar-refractivity contribution >= 4 is 0 Å². The SMILES string of the molecule is CC1CCC2C3CCC4CCCC[C@]4(C)C3CC[C@]12C. The molecule has 5 unspecified atom stereocenters. The van der Waals surface area contributed by atoms with Crippen molar-refractivity contribution in [2.75, 3.05) is 0 Å². The molecule has 0 N–H and O–H groups in total. The zero-order valence-electron chi connectivity index (χ0n) is 14.0. The van der Waals surface area contributed by atoms with Gasteiger partial charge in [0.2, 0.25) is 0 Å². The van der Waals surface area contributed by atoms with E-state index in [1.54, 1.807) is 44.9 Å². The van der Waals surface area contributed by atoms with Crippen LogP contribution in [0, 0.1) is 40.4 Å². The van der Waals surface area contributed by atoms with Gasteiger partial charge in [-0.25, -0.2) is 0 Å². The lowest BCUT2D eigenvalue weighted by Crippen LogP contribution is -2.52.